The maximum atomic E-state index is 12.2. The van der Waals surface area contributed by atoms with Gasteiger partial charge < -0.3 is 15.5 Å². The Morgan fingerprint density at radius 1 is 1.30 bits per heavy atom. The van der Waals surface area contributed by atoms with E-state index >= 15 is 0 Å². The third kappa shape index (κ3) is 3.67. The van der Waals surface area contributed by atoms with Crippen LogP contribution in [0.25, 0.3) is 22.2 Å². The quantitative estimate of drug-likeness (QED) is 0.304. The molecule has 4 rings (SSSR count). The molecule has 1 amide bonds. The van der Waals surface area contributed by atoms with Crippen molar-refractivity contribution in [3.8, 4) is 11.3 Å². The fraction of sp³-hybridized carbons (Fsp3) is 0.105. The highest BCUT2D eigenvalue weighted by molar-refractivity contribution is 7.99. The number of aromatic nitrogens is 3. The van der Waals surface area contributed by atoms with E-state index in [1.807, 2.05) is 30.5 Å². The molecule has 0 saturated carbocycles. The molecule has 8 heteroatoms. The van der Waals surface area contributed by atoms with Gasteiger partial charge in [0.1, 0.15) is 0 Å². The molecule has 0 saturated heterocycles. The van der Waals surface area contributed by atoms with Gasteiger partial charge in [-0.25, -0.2) is 4.98 Å². The molecule has 27 heavy (non-hydrogen) atoms. The zero-order chi connectivity index (χ0) is 18.8. The zero-order valence-corrected chi connectivity index (χ0v) is 16.1. The number of hydrogen-bond donors (Lipinski definition) is 2. The Morgan fingerprint density at radius 3 is 2.96 bits per heavy atom. The number of H-pyrrole nitrogens is 1. The van der Waals surface area contributed by atoms with Crippen LogP contribution in [0.2, 0.25) is 0 Å². The SMILES string of the molecule is Cc1[nH]c2ccccc2c1-c1csc(NC(=O)CSc2cccc[n+]2[O-])n1. The highest BCUT2D eigenvalue weighted by Crippen LogP contribution is 2.33. The number of thioether (sulfide) groups is 1. The minimum atomic E-state index is -0.194. The summed E-state index contributed by atoms with van der Waals surface area (Å²) in [7, 11) is 0. The number of pyridine rings is 1. The molecule has 0 unspecified atom stereocenters. The number of nitrogens with zero attached hydrogens (tertiary/aromatic N) is 2. The minimum Gasteiger partial charge on any atom is -0.618 e. The highest BCUT2D eigenvalue weighted by Gasteiger charge is 2.15. The molecule has 0 atom stereocenters. The topological polar surface area (TPSA) is 84.7 Å². The van der Waals surface area contributed by atoms with Crippen LogP contribution in [0.5, 0.6) is 0 Å². The van der Waals surface area contributed by atoms with Gasteiger partial charge in [0, 0.05) is 39.7 Å². The molecule has 3 aromatic heterocycles. The maximum Gasteiger partial charge on any atom is 0.251 e. The lowest BCUT2D eigenvalue weighted by Gasteiger charge is -2.03. The van der Waals surface area contributed by atoms with Gasteiger partial charge in [0.2, 0.25) is 5.91 Å². The van der Waals surface area contributed by atoms with Gasteiger partial charge in [0.25, 0.3) is 5.03 Å². The minimum absolute atomic E-state index is 0.146. The summed E-state index contributed by atoms with van der Waals surface area (Å²) in [6, 6.07) is 13.2. The molecule has 0 aliphatic heterocycles. The second kappa shape index (κ2) is 7.42. The van der Waals surface area contributed by atoms with E-state index in [4.69, 9.17) is 0 Å². The van der Waals surface area contributed by atoms with Crippen LogP contribution in [0.1, 0.15) is 5.69 Å². The van der Waals surface area contributed by atoms with Gasteiger partial charge in [0.15, 0.2) is 11.3 Å². The molecule has 0 aliphatic carbocycles. The van der Waals surface area contributed by atoms with Crippen LogP contribution in [0.15, 0.2) is 59.1 Å². The summed E-state index contributed by atoms with van der Waals surface area (Å²) in [5, 5.41) is 18.5. The lowest BCUT2D eigenvalue weighted by Crippen LogP contribution is -2.28. The molecule has 1 aromatic carbocycles. The molecule has 0 spiro atoms. The summed E-state index contributed by atoms with van der Waals surface area (Å²) >= 11 is 2.58. The molecule has 0 bridgehead atoms. The van der Waals surface area contributed by atoms with Crippen LogP contribution >= 0.6 is 23.1 Å². The predicted octanol–water partition coefficient (Wildman–Crippen LogP) is 3.96. The van der Waals surface area contributed by atoms with Crippen molar-refractivity contribution in [3.05, 3.63) is 64.9 Å². The fourth-order valence-corrected chi connectivity index (χ4v) is 4.30. The number of thiazole rings is 1. The molecular weight excluding hydrogens is 380 g/mol. The maximum absolute atomic E-state index is 12.2. The number of nitrogens with one attached hydrogen (secondary N) is 2. The van der Waals surface area contributed by atoms with E-state index in [0.717, 1.165) is 32.6 Å². The number of aromatic amines is 1. The number of rotatable bonds is 5. The first-order valence-electron chi connectivity index (χ1n) is 8.26. The third-order valence-electron chi connectivity index (χ3n) is 4.04. The van der Waals surface area contributed by atoms with Crippen LogP contribution < -0.4 is 10.0 Å². The second-order valence-corrected chi connectivity index (χ2v) is 7.76. The molecule has 0 aliphatic rings. The average Bonchev–Trinajstić information content (AvgIpc) is 3.23. The average molecular weight is 396 g/mol. The van der Waals surface area contributed by atoms with E-state index in [9.17, 15) is 10.0 Å². The first-order valence-corrected chi connectivity index (χ1v) is 10.1. The van der Waals surface area contributed by atoms with Crippen molar-refractivity contribution >= 4 is 45.0 Å². The number of aryl methyl sites for hydroxylation is 1. The monoisotopic (exact) mass is 396 g/mol. The van der Waals surface area contributed by atoms with E-state index in [2.05, 4.69) is 21.4 Å². The molecule has 0 fully saturated rings. The Labute approximate surface area is 163 Å². The number of anilines is 1. The van der Waals surface area contributed by atoms with Gasteiger partial charge in [-0.2, -0.15) is 4.73 Å². The molecule has 3 heterocycles. The van der Waals surface area contributed by atoms with Crippen molar-refractivity contribution in [1.82, 2.24) is 9.97 Å². The summed E-state index contributed by atoms with van der Waals surface area (Å²) in [6.07, 6.45) is 1.41. The normalized spacial score (nSPS) is 11.0. The van der Waals surface area contributed by atoms with Crippen molar-refractivity contribution in [2.75, 3.05) is 11.1 Å². The van der Waals surface area contributed by atoms with Gasteiger partial charge in [-0.1, -0.05) is 18.2 Å². The van der Waals surface area contributed by atoms with E-state index in [1.165, 1.54) is 29.3 Å². The Morgan fingerprint density at radius 2 is 2.11 bits per heavy atom. The number of para-hydroxylation sites is 1. The molecule has 0 radical (unpaired) electrons. The van der Waals surface area contributed by atoms with Crippen molar-refractivity contribution < 1.29 is 9.52 Å². The van der Waals surface area contributed by atoms with Crippen LogP contribution in [-0.2, 0) is 4.79 Å². The number of amides is 1. The third-order valence-corrected chi connectivity index (χ3v) is 5.82. The number of carbonyl (C=O) groups is 1. The van der Waals surface area contributed by atoms with Crippen molar-refractivity contribution in [2.24, 2.45) is 0 Å². The Kier molecular flexibility index (Phi) is 4.83. The van der Waals surface area contributed by atoms with Crippen LogP contribution in [0, 0.1) is 12.1 Å². The first kappa shape index (κ1) is 17.6. The van der Waals surface area contributed by atoms with Gasteiger partial charge in [-0.05, 0) is 30.8 Å². The molecular formula is C19H16N4O2S2. The Bertz CT molecular complexity index is 1120. The first-order chi connectivity index (χ1) is 13.1. The van der Waals surface area contributed by atoms with Crippen LogP contribution in [-0.4, -0.2) is 21.6 Å². The van der Waals surface area contributed by atoms with Crippen molar-refractivity contribution in [3.63, 3.8) is 0 Å². The number of benzene rings is 1. The van der Waals surface area contributed by atoms with Crippen molar-refractivity contribution in [2.45, 2.75) is 11.9 Å². The van der Waals surface area contributed by atoms with E-state index in [-0.39, 0.29) is 11.7 Å². The summed E-state index contributed by atoms with van der Waals surface area (Å²) in [4.78, 5) is 20.1. The number of carbonyl (C=O) groups excluding carboxylic acids is 1. The van der Waals surface area contributed by atoms with Gasteiger partial charge in [-0.15, -0.1) is 11.3 Å². The summed E-state index contributed by atoms with van der Waals surface area (Å²) in [5.74, 6) is -0.0480. The zero-order valence-electron chi connectivity index (χ0n) is 14.4. The molecule has 136 valence electrons. The smallest absolute Gasteiger partial charge is 0.251 e. The number of hydrogen-bond acceptors (Lipinski definition) is 5. The van der Waals surface area contributed by atoms with E-state index < -0.39 is 0 Å². The van der Waals surface area contributed by atoms with Gasteiger partial charge in [-0.3, -0.25) is 4.79 Å². The summed E-state index contributed by atoms with van der Waals surface area (Å²) < 4.78 is 0.749. The van der Waals surface area contributed by atoms with Gasteiger partial charge >= 0.3 is 0 Å². The molecule has 2 N–H and O–H groups in total. The fourth-order valence-electron chi connectivity index (χ4n) is 2.87. The predicted molar refractivity (Wildman–Crippen MR) is 109 cm³/mol. The van der Waals surface area contributed by atoms with Gasteiger partial charge in [0.05, 0.1) is 11.4 Å². The molecule has 4 aromatic rings. The summed E-state index contributed by atoms with van der Waals surface area (Å²) in [6.45, 7) is 2.02. The summed E-state index contributed by atoms with van der Waals surface area (Å²) in [5.41, 5.74) is 3.99. The van der Waals surface area contributed by atoms with E-state index in [0.29, 0.717) is 10.2 Å². The van der Waals surface area contributed by atoms with Crippen LogP contribution in [0.3, 0.4) is 0 Å². The lowest BCUT2D eigenvalue weighted by molar-refractivity contribution is -0.645. The highest BCUT2D eigenvalue weighted by atomic mass is 32.2. The standard InChI is InChI=1S/C19H16N4O2S2/c1-12-18(13-6-2-3-7-14(13)20-12)15-10-27-19(21-15)22-16(24)11-26-17-8-4-5-9-23(17)25/h2-10,20H,11H2,1H3,(H,21,22,24). The Balaban J connectivity index is 1.47. The van der Waals surface area contributed by atoms with Crippen LogP contribution in [0.4, 0.5) is 5.13 Å². The molecule has 6 nitrogen and oxygen atoms in total. The largest absolute Gasteiger partial charge is 0.618 e. The number of fused-ring (bicyclic) bond motifs is 1. The Hall–Kier alpha value is -2.84. The van der Waals surface area contributed by atoms with Crippen molar-refractivity contribution in [1.29, 1.82) is 0 Å². The lowest BCUT2D eigenvalue weighted by atomic mass is 10.1. The van der Waals surface area contributed by atoms with E-state index in [1.54, 1.807) is 18.2 Å². The second-order valence-electron chi connectivity index (χ2n) is 5.91.